The summed E-state index contributed by atoms with van der Waals surface area (Å²) in [5, 5.41) is 2.80. The second kappa shape index (κ2) is 7.09. The Morgan fingerprint density at radius 3 is 2.76 bits per heavy atom. The van der Waals surface area contributed by atoms with Crippen LogP contribution in [0.15, 0.2) is 48.8 Å². The second-order valence-corrected chi connectivity index (χ2v) is 4.41. The summed E-state index contributed by atoms with van der Waals surface area (Å²) < 4.78 is 5.08. The number of anilines is 1. The molecule has 0 saturated carbocycles. The quantitative estimate of drug-likeness (QED) is 0.650. The SMILES string of the molecule is COc1ccc(/C=C/C(=O)NCc2ccncc2)cc1N. The van der Waals surface area contributed by atoms with Gasteiger partial charge in [-0.05, 0) is 41.5 Å². The molecule has 0 fully saturated rings. The molecule has 1 heterocycles. The minimum atomic E-state index is -0.166. The highest BCUT2D eigenvalue weighted by Gasteiger charge is 2.00. The monoisotopic (exact) mass is 283 g/mol. The summed E-state index contributed by atoms with van der Waals surface area (Å²) in [6.07, 6.45) is 6.56. The number of aromatic nitrogens is 1. The number of benzene rings is 1. The van der Waals surface area contributed by atoms with Crippen LogP contribution >= 0.6 is 0 Å². The van der Waals surface area contributed by atoms with Gasteiger partial charge in [-0.1, -0.05) is 6.07 Å². The van der Waals surface area contributed by atoms with Crippen LogP contribution in [-0.4, -0.2) is 18.0 Å². The van der Waals surface area contributed by atoms with Crippen molar-refractivity contribution in [3.63, 3.8) is 0 Å². The molecule has 108 valence electrons. The van der Waals surface area contributed by atoms with Gasteiger partial charge in [0.15, 0.2) is 0 Å². The first kappa shape index (κ1) is 14.6. The van der Waals surface area contributed by atoms with E-state index in [4.69, 9.17) is 10.5 Å². The molecule has 0 aliphatic carbocycles. The Hall–Kier alpha value is -2.82. The molecule has 5 nitrogen and oxygen atoms in total. The maximum absolute atomic E-state index is 11.7. The third-order valence-electron chi connectivity index (χ3n) is 2.90. The number of nitrogens with one attached hydrogen (secondary N) is 1. The van der Waals surface area contributed by atoms with Crippen molar-refractivity contribution in [2.24, 2.45) is 0 Å². The molecule has 1 aromatic carbocycles. The van der Waals surface area contributed by atoms with Gasteiger partial charge in [0.2, 0.25) is 5.91 Å². The predicted molar refractivity (Wildman–Crippen MR) is 82.5 cm³/mol. The van der Waals surface area contributed by atoms with E-state index in [0.717, 1.165) is 11.1 Å². The third-order valence-corrected chi connectivity index (χ3v) is 2.90. The van der Waals surface area contributed by atoms with Crippen LogP contribution in [0.25, 0.3) is 6.08 Å². The van der Waals surface area contributed by atoms with Crippen molar-refractivity contribution >= 4 is 17.7 Å². The van der Waals surface area contributed by atoms with Crippen molar-refractivity contribution in [2.75, 3.05) is 12.8 Å². The Morgan fingerprint density at radius 2 is 2.10 bits per heavy atom. The molecule has 0 saturated heterocycles. The lowest BCUT2D eigenvalue weighted by Crippen LogP contribution is -2.20. The standard InChI is InChI=1S/C16H17N3O2/c1-21-15-4-2-12(10-14(15)17)3-5-16(20)19-11-13-6-8-18-9-7-13/h2-10H,11,17H2,1H3,(H,19,20)/b5-3+. The Bertz CT molecular complexity index is 639. The molecular formula is C16H17N3O2. The minimum Gasteiger partial charge on any atom is -0.495 e. The number of hydrogen-bond donors (Lipinski definition) is 2. The van der Waals surface area contributed by atoms with Crippen LogP contribution in [0, 0.1) is 0 Å². The molecule has 0 spiro atoms. The molecule has 1 amide bonds. The minimum absolute atomic E-state index is 0.166. The number of rotatable bonds is 5. The van der Waals surface area contributed by atoms with Crippen molar-refractivity contribution in [1.29, 1.82) is 0 Å². The summed E-state index contributed by atoms with van der Waals surface area (Å²) in [6, 6.07) is 9.07. The zero-order valence-electron chi connectivity index (χ0n) is 11.7. The van der Waals surface area contributed by atoms with Crippen molar-refractivity contribution in [1.82, 2.24) is 10.3 Å². The van der Waals surface area contributed by atoms with E-state index >= 15 is 0 Å². The smallest absolute Gasteiger partial charge is 0.244 e. The lowest BCUT2D eigenvalue weighted by Gasteiger charge is -2.04. The highest BCUT2D eigenvalue weighted by atomic mass is 16.5. The van der Waals surface area contributed by atoms with E-state index in [9.17, 15) is 4.79 Å². The van der Waals surface area contributed by atoms with Crippen LogP contribution in [0.1, 0.15) is 11.1 Å². The van der Waals surface area contributed by atoms with E-state index in [2.05, 4.69) is 10.3 Å². The number of nitrogens with zero attached hydrogens (tertiary/aromatic N) is 1. The van der Waals surface area contributed by atoms with Gasteiger partial charge in [-0.15, -0.1) is 0 Å². The van der Waals surface area contributed by atoms with Crippen molar-refractivity contribution < 1.29 is 9.53 Å². The van der Waals surface area contributed by atoms with Crippen LogP contribution in [0.4, 0.5) is 5.69 Å². The Kier molecular flexibility index (Phi) is 4.93. The number of ether oxygens (including phenoxy) is 1. The largest absolute Gasteiger partial charge is 0.495 e. The molecule has 2 aromatic rings. The van der Waals surface area contributed by atoms with Crippen LogP contribution in [-0.2, 0) is 11.3 Å². The summed E-state index contributed by atoms with van der Waals surface area (Å²) in [7, 11) is 1.56. The van der Waals surface area contributed by atoms with Gasteiger partial charge in [-0.25, -0.2) is 0 Å². The second-order valence-electron chi connectivity index (χ2n) is 4.41. The maximum atomic E-state index is 11.7. The fourth-order valence-electron chi connectivity index (χ4n) is 1.78. The normalized spacial score (nSPS) is 10.5. The van der Waals surface area contributed by atoms with E-state index in [-0.39, 0.29) is 5.91 Å². The molecule has 0 unspecified atom stereocenters. The first-order chi connectivity index (χ1) is 10.2. The van der Waals surface area contributed by atoms with E-state index in [1.165, 1.54) is 6.08 Å². The van der Waals surface area contributed by atoms with Gasteiger partial charge >= 0.3 is 0 Å². The molecule has 0 bridgehead atoms. The first-order valence-electron chi connectivity index (χ1n) is 6.47. The summed E-state index contributed by atoms with van der Waals surface area (Å²) >= 11 is 0. The van der Waals surface area contributed by atoms with Crippen LogP contribution in [0.2, 0.25) is 0 Å². The summed E-state index contributed by atoms with van der Waals surface area (Å²) in [5.74, 6) is 0.454. The van der Waals surface area contributed by atoms with Gasteiger partial charge in [0, 0.05) is 25.0 Å². The maximum Gasteiger partial charge on any atom is 0.244 e. The molecule has 0 aliphatic rings. The van der Waals surface area contributed by atoms with Gasteiger partial charge in [0.05, 0.1) is 12.8 Å². The first-order valence-corrected chi connectivity index (χ1v) is 6.47. The Balaban J connectivity index is 1.91. The number of methoxy groups -OCH3 is 1. The lowest BCUT2D eigenvalue weighted by molar-refractivity contribution is -0.116. The average molecular weight is 283 g/mol. The van der Waals surface area contributed by atoms with Crippen molar-refractivity contribution in [3.05, 3.63) is 59.9 Å². The van der Waals surface area contributed by atoms with Crippen molar-refractivity contribution in [3.8, 4) is 5.75 Å². The number of amides is 1. The van der Waals surface area contributed by atoms with Gasteiger partial charge in [-0.2, -0.15) is 0 Å². The molecule has 1 aromatic heterocycles. The molecule has 5 heteroatoms. The number of pyridine rings is 1. The Labute approximate surface area is 123 Å². The van der Waals surface area contributed by atoms with E-state index in [1.807, 2.05) is 18.2 Å². The van der Waals surface area contributed by atoms with Gasteiger partial charge in [-0.3, -0.25) is 9.78 Å². The van der Waals surface area contributed by atoms with Crippen LogP contribution in [0.5, 0.6) is 5.75 Å². The lowest BCUT2D eigenvalue weighted by atomic mass is 10.1. The molecule has 2 rings (SSSR count). The predicted octanol–water partition coefficient (Wildman–Crippen LogP) is 2.00. The van der Waals surface area contributed by atoms with Gasteiger partial charge < -0.3 is 15.8 Å². The fourth-order valence-corrected chi connectivity index (χ4v) is 1.78. The zero-order valence-corrected chi connectivity index (χ0v) is 11.7. The van der Waals surface area contributed by atoms with Crippen LogP contribution < -0.4 is 15.8 Å². The number of carbonyl (C=O) groups excluding carboxylic acids is 1. The number of nitrogens with two attached hydrogens (primary N) is 1. The molecule has 0 radical (unpaired) electrons. The van der Waals surface area contributed by atoms with Gasteiger partial charge in [0.25, 0.3) is 0 Å². The van der Waals surface area contributed by atoms with Gasteiger partial charge in [0.1, 0.15) is 5.75 Å². The topological polar surface area (TPSA) is 77.2 Å². The third kappa shape index (κ3) is 4.35. The molecule has 3 N–H and O–H groups in total. The zero-order chi connectivity index (χ0) is 15.1. The Morgan fingerprint density at radius 1 is 1.33 bits per heavy atom. The average Bonchev–Trinajstić information content (AvgIpc) is 2.52. The van der Waals surface area contributed by atoms with E-state index in [0.29, 0.717) is 18.0 Å². The molecular weight excluding hydrogens is 266 g/mol. The van der Waals surface area contributed by atoms with E-state index in [1.54, 1.807) is 37.7 Å². The van der Waals surface area contributed by atoms with Crippen LogP contribution in [0.3, 0.4) is 0 Å². The van der Waals surface area contributed by atoms with E-state index < -0.39 is 0 Å². The fraction of sp³-hybridized carbons (Fsp3) is 0.125. The summed E-state index contributed by atoms with van der Waals surface area (Å²) in [6.45, 7) is 0.469. The summed E-state index contributed by atoms with van der Waals surface area (Å²) in [4.78, 5) is 15.7. The molecule has 21 heavy (non-hydrogen) atoms. The van der Waals surface area contributed by atoms with Crippen molar-refractivity contribution in [2.45, 2.75) is 6.54 Å². The number of hydrogen-bond acceptors (Lipinski definition) is 4. The number of carbonyl (C=O) groups is 1. The molecule has 0 aliphatic heterocycles. The number of nitrogen functional groups attached to an aromatic ring is 1. The summed E-state index contributed by atoms with van der Waals surface area (Å²) in [5.41, 5.74) is 8.19. The highest BCUT2D eigenvalue weighted by molar-refractivity contribution is 5.91. The molecule has 0 atom stereocenters. The highest BCUT2D eigenvalue weighted by Crippen LogP contribution is 2.22.